The number of hydrogen-bond acceptors (Lipinski definition) is 6. The molecule has 10 nitrogen and oxygen atoms in total. The van der Waals surface area contributed by atoms with E-state index in [1.165, 1.54) is 18.3 Å². The van der Waals surface area contributed by atoms with Crippen molar-refractivity contribution in [3.63, 3.8) is 0 Å². The second-order valence-corrected chi connectivity index (χ2v) is 6.98. The highest BCUT2D eigenvalue weighted by Crippen LogP contribution is 2.29. The molecular formula is C22H21N5O5. The van der Waals surface area contributed by atoms with E-state index in [9.17, 15) is 14.9 Å². The van der Waals surface area contributed by atoms with Gasteiger partial charge in [-0.15, -0.1) is 0 Å². The van der Waals surface area contributed by atoms with Gasteiger partial charge in [-0.2, -0.15) is 5.10 Å². The average Bonchev–Trinajstić information content (AvgIpc) is 3.54. The quantitative estimate of drug-likeness (QED) is 0.223. The first kappa shape index (κ1) is 21.1. The van der Waals surface area contributed by atoms with Crippen molar-refractivity contribution in [2.24, 2.45) is 0 Å². The predicted octanol–water partition coefficient (Wildman–Crippen LogP) is 4.68. The van der Waals surface area contributed by atoms with E-state index in [1.807, 2.05) is 37.3 Å². The summed E-state index contributed by atoms with van der Waals surface area (Å²) in [4.78, 5) is 25.7. The largest absolute Gasteiger partial charge is 0.451 e. The number of aromatic amines is 1. The SMILES string of the molecule is CCCOCn1cc(NC(=O)c2ccc(-c3c[nH]c([N+](=O)[O-])c3)o2)c(-c2ccccc2)n1. The standard InChI is InChI=1S/C22H21N5O5/c1-2-10-31-14-26-13-17(21(25-26)15-6-4-3-5-7-15)24-22(28)19-9-8-18(32-19)16-11-20(23-12-16)27(29)30/h3-9,11-13,23H,2,10,14H2,1H3,(H,24,28). The molecule has 3 heterocycles. The molecule has 1 amide bonds. The number of anilines is 1. The molecule has 3 aromatic heterocycles. The van der Waals surface area contributed by atoms with Crippen LogP contribution in [0.4, 0.5) is 11.5 Å². The van der Waals surface area contributed by atoms with Crippen molar-refractivity contribution in [2.45, 2.75) is 20.1 Å². The van der Waals surface area contributed by atoms with Crippen LogP contribution in [0.1, 0.15) is 23.9 Å². The summed E-state index contributed by atoms with van der Waals surface area (Å²) < 4.78 is 12.8. The minimum atomic E-state index is -0.535. The van der Waals surface area contributed by atoms with Crippen molar-refractivity contribution in [3.8, 4) is 22.6 Å². The minimum absolute atomic E-state index is 0.0675. The molecule has 32 heavy (non-hydrogen) atoms. The van der Waals surface area contributed by atoms with Gasteiger partial charge in [0.1, 0.15) is 18.2 Å². The molecule has 0 unspecified atom stereocenters. The van der Waals surface area contributed by atoms with Crippen LogP contribution < -0.4 is 5.32 Å². The molecule has 0 aliphatic carbocycles. The number of benzene rings is 1. The maximum atomic E-state index is 12.8. The van der Waals surface area contributed by atoms with Crippen LogP contribution in [0.25, 0.3) is 22.6 Å². The molecule has 0 bridgehead atoms. The van der Waals surface area contributed by atoms with Crippen LogP contribution in [0.3, 0.4) is 0 Å². The van der Waals surface area contributed by atoms with E-state index in [1.54, 1.807) is 16.9 Å². The third-order valence-electron chi connectivity index (χ3n) is 4.61. The molecule has 4 rings (SSSR count). The Kier molecular flexibility index (Phi) is 6.13. The molecule has 164 valence electrons. The maximum Gasteiger partial charge on any atom is 0.321 e. The van der Waals surface area contributed by atoms with Crippen LogP contribution in [-0.4, -0.2) is 32.2 Å². The number of H-pyrrole nitrogens is 1. The molecule has 10 heteroatoms. The van der Waals surface area contributed by atoms with Gasteiger partial charge in [-0.1, -0.05) is 37.3 Å². The lowest BCUT2D eigenvalue weighted by atomic mass is 10.1. The van der Waals surface area contributed by atoms with Gasteiger partial charge < -0.3 is 24.6 Å². The van der Waals surface area contributed by atoms with Gasteiger partial charge >= 0.3 is 5.82 Å². The number of aromatic nitrogens is 3. The molecule has 0 radical (unpaired) electrons. The highest BCUT2D eigenvalue weighted by molar-refractivity contribution is 6.04. The number of carbonyl (C=O) groups is 1. The number of nitrogens with one attached hydrogen (secondary N) is 2. The Morgan fingerprint density at radius 1 is 1.25 bits per heavy atom. The number of furan rings is 1. The number of nitro groups is 1. The Hall–Kier alpha value is -4.18. The van der Waals surface area contributed by atoms with E-state index < -0.39 is 10.8 Å². The van der Waals surface area contributed by atoms with Gasteiger partial charge in [-0.3, -0.25) is 4.79 Å². The normalized spacial score (nSPS) is 10.9. The zero-order chi connectivity index (χ0) is 22.5. The van der Waals surface area contributed by atoms with Crippen molar-refractivity contribution in [2.75, 3.05) is 11.9 Å². The maximum absolute atomic E-state index is 12.8. The number of amides is 1. The van der Waals surface area contributed by atoms with Gasteiger partial charge in [0.2, 0.25) is 0 Å². The molecule has 0 fully saturated rings. The Morgan fingerprint density at radius 2 is 2.06 bits per heavy atom. The molecule has 0 aliphatic heterocycles. The number of nitrogens with zero attached hydrogens (tertiary/aromatic N) is 3. The van der Waals surface area contributed by atoms with E-state index in [-0.39, 0.29) is 18.3 Å². The van der Waals surface area contributed by atoms with Crippen molar-refractivity contribution < 1.29 is 18.9 Å². The molecule has 2 N–H and O–H groups in total. The van der Waals surface area contributed by atoms with E-state index in [0.29, 0.717) is 29.3 Å². The predicted molar refractivity (Wildman–Crippen MR) is 117 cm³/mol. The van der Waals surface area contributed by atoms with E-state index in [4.69, 9.17) is 9.15 Å². The second-order valence-electron chi connectivity index (χ2n) is 6.98. The zero-order valence-corrected chi connectivity index (χ0v) is 17.3. The van der Waals surface area contributed by atoms with Crippen LogP contribution in [-0.2, 0) is 11.5 Å². The highest BCUT2D eigenvalue weighted by atomic mass is 16.6. The lowest BCUT2D eigenvalue weighted by Gasteiger charge is -2.03. The first-order valence-electron chi connectivity index (χ1n) is 10.00. The summed E-state index contributed by atoms with van der Waals surface area (Å²) in [7, 11) is 0. The topological polar surface area (TPSA) is 128 Å². The number of carbonyl (C=O) groups excluding carboxylic acids is 1. The van der Waals surface area contributed by atoms with Gasteiger partial charge in [0.25, 0.3) is 5.91 Å². The average molecular weight is 435 g/mol. The fourth-order valence-electron chi connectivity index (χ4n) is 3.12. The summed E-state index contributed by atoms with van der Waals surface area (Å²) in [6.45, 7) is 2.89. The summed E-state index contributed by atoms with van der Waals surface area (Å²) >= 11 is 0. The fourth-order valence-corrected chi connectivity index (χ4v) is 3.12. The Bertz CT molecular complexity index is 1220. The molecule has 0 aliphatic rings. The van der Waals surface area contributed by atoms with Gasteiger partial charge in [0.05, 0.1) is 23.6 Å². The zero-order valence-electron chi connectivity index (χ0n) is 17.3. The van der Waals surface area contributed by atoms with Crippen LogP contribution in [0, 0.1) is 10.1 Å². The van der Waals surface area contributed by atoms with Crippen molar-refractivity contribution in [3.05, 3.63) is 76.8 Å². The molecule has 0 saturated carbocycles. The highest BCUT2D eigenvalue weighted by Gasteiger charge is 2.19. The van der Waals surface area contributed by atoms with Crippen LogP contribution >= 0.6 is 0 Å². The lowest BCUT2D eigenvalue weighted by Crippen LogP contribution is -2.11. The molecule has 0 atom stereocenters. The van der Waals surface area contributed by atoms with E-state index in [2.05, 4.69) is 15.4 Å². The van der Waals surface area contributed by atoms with Gasteiger partial charge in [-0.05, 0) is 23.5 Å². The molecule has 0 saturated heterocycles. The Balaban J connectivity index is 1.55. The van der Waals surface area contributed by atoms with Gasteiger partial charge in [0, 0.05) is 18.2 Å². The molecule has 1 aromatic carbocycles. The van der Waals surface area contributed by atoms with Gasteiger partial charge in [0.15, 0.2) is 5.76 Å². The van der Waals surface area contributed by atoms with Crippen LogP contribution in [0.15, 0.2) is 65.3 Å². The monoisotopic (exact) mass is 435 g/mol. The third kappa shape index (κ3) is 4.60. The van der Waals surface area contributed by atoms with Crippen molar-refractivity contribution in [1.29, 1.82) is 0 Å². The van der Waals surface area contributed by atoms with Crippen LogP contribution in [0.5, 0.6) is 0 Å². The third-order valence-corrected chi connectivity index (χ3v) is 4.61. The summed E-state index contributed by atoms with van der Waals surface area (Å²) in [6, 6.07) is 13.9. The first-order valence-corrected chi connectivity index (χ1v) is 10.00. The summed E-state index contributed by atoms with van der Waals surface area (Å²) in [5, 5.41) is 18.2. The summed E-state index contributed by atoms with van der Waals surface area (Å²) in [5.41, 5.74) is 2.43. The number of ether oxygens (including phenoxy) is 1. The molecular weight excluding hydrogens is 414 g/mol. The van der Waals surface area contributed by atoms with E-state index >= 15 is 0 Å². The van der Waals surface area contributed by atoms with Crippen molar-refractivity contribution in [1.82, 2.24) is 14.8 Å². The summed E-state index contributed by atoms with van der Waals surface area (Å²) in [5.74, 6) is -0.218. The first-order chi connectivity index (χ1) is 15.5. The number of rotatable bonds is 9. The van der Waals surface area contributed by atoms with E-state index in [0.717, 1.165) is 12.0 Å². The van der Waals surface area contributed by atoms with Crippen LogP contribution in [0.2, 0.25) is 0 Å². The fraction of sp³-hybridized carbons (Fsp3) is 0.182. The summed E-state index contributed by atoms with van der Waals surface area (Å²) in [6.07, 6.45) is 4.04. The second kappa shape index (κ2) is 9.31. The minimum Gasteiger partial charge on any atom is -0.451 e. The number of hydrogen-bond donors (Lipinski definition) is 2. The molecule has 0 spiro atoms. The Labute approximate surface area is 183 Å². The van der Waals surface area contributed by atoms with Gasteiger partial charge in [-0.25, -0.2) is 9.67 Å². The van der Waals surface area contributed by atoms with Crippen molar-refractivity contribution >= 4 is 17.4 Å². The smallest absolute Gasteiger partial charge is 0.321 e. The Morgan fingerprint density at radius 3 is 2.78 bits per heavy atom. The lowest BCUT2D eigenvalue weighted by molar-refractivity contribution is -0.389. The molecule has 4 aromatic rings.